The summed E-state index contributed by atoms with van der Waals surface area (Å²) >= 11 is 1.21. The van der Waals surface area contributed by atoms with Gasteiger partial charge in [-0.1, -0.05) is 11.8 Å². The van der Waals surface area contributed by atoms with Gasteiger partial charge in [-0.3, -0.25) is 10.1 Å². The highest BCUT2D eigenvalue weighted by molar-refractivity contribution is 7.99. The smallest absolute Gasteiger partial charge is 0.294 e. The van der Waals surface area contributed by atoms with Crippen molar-refractivity contribution in [2.75, 3.05) is 14.2 Å². The molecule has 1 aromatic carbocycles. The summed E-state index contributed by atoms with van der Waals surface area (Å²) in [5.41, 5.74) is 0.621. The van der Waals surface area contributed by atoms with Crippen molar-refractivity contribution in [1.82, 2.24) is 4.98 Å². The third-order valence-corrected chi connectivity index (χ3v) is 4.46. The molecule has 0 bridgehead atoms. The molecular formula is C16H15N3O4S. The van der Waals surface area contributed by atoms with E-state index in [2.05, 4.69) is 4.98 Å². The van der Waals surface area contributed by atoms with Crippen molar-refractivity contribution in [2.45, 2.75) is 23.8 Å². The van der Waals surface area contributed by atoms with Crippen LogP contribution >= 0.6 is 11.8 Å². The number of hydrogen-bond donors (Lipinski definition) is 0. The molecule has 0 unspecified atom stereocenters. The topological polar surface area (TPSA) is 98.3 Å². The zero-order chi connectivity index (χ0) is 17.9. The molecule has 7 nitrogen and oxygen atoms in total. The van der Waals surface area contributed by atoms with Crippen molar-refractivity contribution < 1.29 is 14.4 Å². The fraction of sp³-hybridized carbons (Fsp3) is 0.250. The third kappa shape index (κ3) is 3.26. The molecule has 0 aliphatic heterocycles. The maximum Gasteiger partial charge on any atom is 0.294 e. The quantitative estimate of drug-likeness (QED) is 0.602. The summed E-state index contributed by atoms with van der Waals surface area (Å²) in [6, 6.07) is 7.28. The standard InChI is InChI=1S/C16H15N3O4S/c1-9-12(8-17)16(18-10(2)15(9)19(20)21)24-14-7-11(22-3)5-6-13(14)23-4/h5-7H,1-4H3. The molecule has 0 N–H and O–H groups in total. The van der Waals surface area contributed by atoms with Gasteiger partial charge in [0.05, 0.1) is 29.6 Å². The minimum Gasteiger partial charge on any atom is -0.497 e. The van der Waals surface area contributed by atoms with Crippen LogP contribution in [0.25, 0.3) is 0 Å². The van der Waals surface area contributed by atoms with Gasteiger partial charge in [0.1, 0.15) is 28.3 Å². The Hall–Kier alpha value is -2.79. The van der Waals surface area contributed by atoms with Gasteiger partial charge in [-0.2, -0.15) is 5.26 Å². The van der Waals surface area contributed by atoms with E-state index < -0.39 is 4.92 Å². The molecule has 0 amide bonds. The van der Waals surface area contributed by atoms with Gasteiger partial charge in [-0.25, -0.2) is 4.98 Å². The normalized spacial score (nSPS) is 10.1. The number of nitriles is 1. The lowest BCUT2D eigenvalue weighted by atomic mass is 10.1. The van der Waals surface area contributed by atoms with E-state index in [0.717, 1.165) is 0 Å². The first-order valence-corrected chi connectivity index (χ1v) is 7.70. The zero-order valence-electron chi connectivity index (χ0n) is 13.6. The number of pyridine rings is 1. The second-order valence-corrected chi connectivity index (χ2v) is 5.87. The van der Waals surface area contributed by atoms with Crippen LogP contribution in [0.15, 0.2) is 28.1 Å². The Balaban J connectivity index is 2.59. The highest BCUT2D eigenvalue weighted by Gasteiger charge is 2.24. The van der Waals surface area contributed by atoms with Crippen LogP contribution in [0.3, 0.4) is 0 Å². The molecule has 0 spiro atoms. The average Bonchev–Trinajstić information content (AvgIpc) is 2.54. The van der Waals surface area contributed by atoms with Crippen LogP contribution in [0.5, 0.6) is 11.5 Å². The molecule has 2 aromatic rings. The molecule has 0 atom stereocenters. The summed E-state index contributed by atoms with van der Waals surface area (Å²) < 4.78 is 10.5. The van der Waals surface area contributed by atoms with Gasteiger partial charge >= 0.3 is 0 Å². The first-order chi connectivity index (χ1) is 11.4. The molecule has 1 aromatic heterocycles. The van der Waals surface area contributed by atoms with Gasteiger partial charge < -0.3 is 9.47 Å². The number of methoxy groups -OCH3 is 2. The van der Waals surface area contributed by atoms with Crippen LogP contribution in [0.4, 0.5) is 5.69 Å². The summed E-state index contributed by atoms with van der Waals surface area (Å²) in [7, 11) is 3.09. The Labute approximate surface area is 143 Å². The highest BCUT2D eigenvalue weighted by atomic mass is 32.2. The predicted octanol–water partition coefficient (Wildman–Crippen LogP) is 3.65. The summed E-state index contributed by atoms with van der Waals surface area (Å²) in [4.78, 5) is 15.6. The summed E-state index contributed by atoms with van der Waals surface area (Å²) in [6.45, 7) is 3.11. The molecule has 0 radical (unpaired) electrons. The molecule has 0 aliphatic rings. The molecule has 1 heterocycles. The zero-order valence-corrected chi connectivity index (χ0v) is 14.4. The number of ether oxygens (including phenoxy) is 2. The van der Waals surface area contributed by atoms with Crippen LogP contribution in [0.2, 0.25) is 0 Å². The van der Waals surface area contributed by atoms with Gasteiger partial charge in [0.25, 0.3) is 5.69 Å². The number of rotatable bonds is 5. The van der Waals surface area contributed by atoms with Crippen molar-refractivity contribution in [3.05, 3.63) is 45.1 Å². The molecule has 8 heteroatoms. The molecule has 0 saturated carbocycles. The first kappa shape index (κ1) is 17.6. The average molecular weight is 345 g/mol. The maximum atomic E-state index is 11.2. The van der Waals surface area contributed by atoms with Crippen LogP contribution in [-0.4, -0.2) is 24.1 Å². The first-order valence-electron chi connectivity index (χ1n) is 6.88. The Morgan fingerprint density at radius 3 is 2.54 bits per heavy atom. The Morgan fingerprint density at radius 1 is 1.29 bits per heavy atom. The van der Waals surface area contributed by atoms with Gasteiger partial charge in [0, 0.05) is 5.56 Å². The van der Waals surface area contributed by atoms with Crippen molar-refractivity contribution in [2.24, 2.45) is 0 Å². The summed E-state index contributed by atoms with van der Waals surface area (Å²) in [5, 5.41) is 21.0. The second-order valence-electron chi connectivity index (χ2n) is 4.84. The SMILES string of the molecule is COc1ccc(OC)c(Sc2nc(C)c([N+](=O)[O-])c(C)c2C#N)c1. The van der Waals surface area contributed by atoms with Crippen LogP contribution in [0, 0.1) is 35.3 Å². The molecule has 0 saturated heterocycles. The third-order valence-electron chi connectivity index (χ3n) is 3.43. The highest BCUT2D eigenvalue weighted by Crippen LogP contribution is 2.40. The van der Waals surface area contributed by atoms with Gasteiger partial charge in [-0.15, -0.1) is 0 Å². The largest absolute Gasteiger partial charge is 0.497 e. The lowest BCUT2D eigenvalue weighted by Gasteiger charge is -2.12. The lowest BCUT2D eigenvalue weighted by Crippen LogP contribution is -2.03. The van der Waals surface area contributed by atoms with Crippen LogP contribution in [-0.2, 0) is 0 Å². The number of benzene rings is 1. The van der Waals surface area contributed by atoms with E-state index in [4.69, 9.17) is 9.47 Å². The van der Waals surface area contributed by atoms with Crippen LogP contribution < -0.4 is 9.47 Å². The van der Waals surface area contributed by atoms with E-state index in [-0.39, 0.29) is 16.9 Å². The summed E-state index contributed by atoms with van der Waals surface area (Å²) in [6.07, 6.45) is 0. The monoisotopic (exact) mass is 345 g/mol. The number of nitro groups is 1. The van der Waals surface area contributed by atoms with Crippen molar-refractivity contribution in [3.63, 3.8) is 0 Å². The molecule has 0 fully saturated rings. The van der Waals surface area contributed by atoms with Gasteiger partial charge in [0.15, 0.2) is 0 Å². The number of aromatic nitrogens is 1. The summed E-state index contributed by atoms with van der Waals surface area (Å²) in [5.74, 6) is 1.23. The van der Waals surface area contributed by atoms with Crippen molar-refractivity contribution in [1.29, 1.82) is 5.26 Å². The van der Waals surface area contributed by atoms with E-state index in [9.17, 15) is 15.4 Å². The fourth-order valence-corrected chi connectivity index (χ4v) is 3.37. The number of hydrogen-bond acceptors (Lipinski definition) is 7. The van der Waals surface area contributed by atoms with Gasteiger partial charge in [-0.05, 0) is 32.0 Å². The minimum atomic E-state index is -0.515. The predicted molar refractivity (Wildman–Crippen MR) is 88.7 cm³/mol. The van der Waals surface area contributed by atoms with E-state index in [0.29, 0.717) is 27.0 Å². The molecular weight excluding hydrogens is 330 g/mol. The van der Waals surface area contributed by atoms with Crippen molar-refractivity contribution >= 4 is 17.4 Å². The Morgan fingerprint density at radius 2 is 2.00 bits per heavy atom. The molecule has 0 aliphatic carbocycles. The van der Waals surface area contributed by atoms with Crippen molar-refractivity contribution in [3.8, 4) is 17.6 Å². The number of aryl methyl sites for hydroxylation is 1. The maximum absolute atomic E-state index is 11.2. The van der Waals surface area contributed by atoms with E-state index in [1.54, 1.807) is 39.2 Å². The van der Waals surface area contributed by atoms with Gasteiger partial charge in [0.2, 0.25) is 0 Å². The Bertz CT molecular complexity index is 846. The molecule has 124 valence electrons. The fourth-order valence-electron chi connectivity index (χ4n) is 2.25. The molecule has 2 rings (SSSR count). The Kier molecular flexibility index (Phi) is 5.26. The molecule has 24 heavy (non-hydrogen) atoms. The number of nitrogens with zero attached hydrogens (tertiary/aromatic N) is 3. The van der Waals surface area contributed by atoms with E-state index in [1.165, 1.54) is 18.9 Å². The minimum absolute atomic E-state index is 0.131. The second kappa shape index (κ2) is 7.19. The van der Waals surface area contributed by atoms with E-state index in [1.807, 2.05) is 6.07 Å². The van der Waals surface area contributed by atoms with E-state index >= 15 is 0 Å². The van der Waals surface area contributed by atoms with Crippen LogP contribution in [0.1, 0.15) is 16.8 Å². The lowest BCUT2D eigenvalue weighted by molar-refractivity contribution is -0.386.